The molecule has 104 valence electrons. The van der Waals surface area contributed by atoms with Gasteiger partial charge in [-0.05, 0) is 12.5 Å². The Labute approximate surface area is 128 Å². The van der Waals surface area contributed by atoms with Crippen LogP contribution in [0.4, 0.5) is 5.13 Å². The molecule has 4 heteroatoms. The molecule has 0 spiro atoms. The number of hydrogen-bond donors (Lipinski definition) is 0. The molecule has 0 fully saturated rings. The van der Waals surface area contributed by atoms with E-state index in [2.05, 4.69) is 46.4 Å². The molecule has 0 saturated carbocycles. The Morgan fingerprint density at radius 2 is 1.76 bits per heavy atom. The zero-order valence-corrected chi connectivity index (χ0v) is 12.5. The molecule has 0 unspecified atom stereocenters. The second-order valence-electron chi connectivity index (χ2n) is 4.77. The van der Waals surface area contributed by atoms with E-state index in [0.717, 1.165) is 16.8 Å². The zero-order chi connectivity index (χ0) is 14.5. The molecule has 0 N–H and O–H groups in total. The molecule has 21 heavy (non-hydrogen) atoms. The molecule has 3 nitrogen and oxygen atoms in total. The van der Waals surface area contributed by atoms with Gasteiger partial charge < -0.3 is 0 Å². The fraction of sp³-hybridized carbons (Fsp3) is 0.118. The monoisotopic (exact) mass is 293 g/mol. The van der Waals surface area contributed by atoms with Crippen LogP contribution in [0.2, 0.25) is 0 Å². The minimum absolute atomic E-state index is 0.584. The Kier molecular flexibility index (Phi) is 4.17. The van der Waals surface area contributed by atoms with Crippen molar-refractivity contribution >= 4 is 16.5 Å². The number of aryl methyl sites for hydroxylation is 1. The Balaban J connectivity index is 1.67. The van der Waals surface area contributed by atoms with Gasteiger partial charge in [0, 0.05) is 10.9 Å². The van der Waals surface area contributed by atoms with Gasteiger partial charge in [-0.3, -0.25) is 0 Å². The van der Waals surface area contributed by atoms with Gasteiger partial charge in [-0.25, -0.2) is 4.98 Å². The second-order valence-corrected chi connectivity index (χ2v) is 5.60. The molecule has 0 saturated heterocycles. The third-order valence-corrected chi connectivity index (χ3v) is 3.82. The highest BCUT2D eigenvalue weighted by molar-refractivity contribution is 7.13. The van der Waals surface area contributed by atoms with Crippen LogP contribution in [0, 0.1) is 6.92 Å². The Hall–Kier alpha value is -2.33. The van der Waals surface area contributed by atoms with Crippen molar-refractivity contribution in [3.8, 4) is 11.3 Å². The Morgan fingerprint density at radius 1 is 1.00 bits per heavy atom. The summed E-state index contributed by atoms with van der Waals surface area (Å²) < 4.78 is 0. The molecule has 0 atom stereocenters. The van der Waals surface area contributed by atoms with Gasteiger partial charge in [-0.2, -0.15) is 5.11 Å². The molecule has 0 aliphatic rings. The molecule has 1 heterocycles. The molecule has 1 aromatic heterocycles. The molecule has 0 radical (unpaired) electrons. The second kappa shape index (κ2) is 6.41. The van der Waals surface area contributed by atoms with Crippen molar-refractivity contribution in [1.82, 2.24) is 4.98 Å². The van der Waals surface area contributed by atoms with Crippen LogP contribution in [0.15, 0.2) is 70.2 Å². The third-order valence-electron chi connectivity index (χ3n) is 3.09. The highest BCUT2D eigenvalue weighted by atomic mass is 32.1. The first kappa shape index (κ1) is 13.6. The molecule has 2 aromatic carbocycles. The fourth-order valence-electron chi connectivity index (χ4n) is 1.92. The van der Waals surface area contributed by atoms with E-state index < -0.39 is 0 Å². The van der Waals surface area contributed by atoms with Crippen LogP contribution in [-0.4, -0.2) is 4.98 Å². The lowest BCUT2D eigenvalue weighted by Crippen LogP contribution is -1.80. The van der Waals surface area contributed by atoms with Crippen molar-refractivity contribution in [3.05, 3.63) is 71.1 Å². The minimum Gasteiger partial charge on any atom is -0.217 e. The summed E-state index contributed by atoms with van der Waals surface area (Å²) in [5.74, 6) is 0. The van der Waals surface area contributed by atoms with Crippen molar-refractivity contribution in [2.24, 2.45) is 10.2 Å². The minimum atomic E-state index is 0.584. The third kappa shape index (κ3) is 3.61. The summed E-state index contributed by atoms with van der Waals surface area (Å²) in [5.41, 5.74) is 4.46. The van der Waals surface area contributed by atoms with Gasteiger partial charge in [0.1, 0.15) is 0 Å². The highest BCUT2D eigenvalue weighted by Crippen LogP contribution is 2.26. The first-order valence-electron chi connectivity index (χ1n) is 6.75. The van der Waals surface area contributed by atoms with Crippen molar-refractivity contribution in [2.45, 2.75) is 13.5 Å². The Morgan fingerprint density at radius 3 is 2.52 bits per heavy atom. The van der Waals surface area contributed by atoms with Crippen LogP contribution < -0.4 is 0 Å². The van der Waals surface area contributed by atoms with Gasteiger partial charge in [0.05, 0.1) is 12.2 Å². The number of aromatic nitrogens is 1. The molecule has 0 bridgehead atoms. The number of thiazole rings is 1. The Bertz CT molecular complexity index is 730. The average molecular weight is 293 g/mol. The van der Waals surface area contributed by atoms with Crippen LogP contribution in [0.5, 0.6) is 0 Å². The molecule has 0 aliphatic heterocycles. The van der Waals surface area contributed by atoms with E-state index in [1.165, 1.54) is 16.9 Å². The first-order chi connectivity index (χ1) is 10.3. The zero-order valence-electron chi connectivity index (χ0n) is 11.7. The van der Waals surface area contributed by atoms with Gasteiger partial charge in [0.2, 0.25) is 5.13 Å². The smallest absolute Gasteiger partial charge is 0.217 e. The fourth-order valence-corrected chi connectivity index (χ4v) is 2.58. The van der Waals surface area contributed by atoms with E-state index in [1.807, 2.05) is 35.7 Å². The maximum atomic E-state index is 4.48. The molecule has 3 rings (SSSR count). The van der Waals surface area contributed by atoms with E-state index in [-0.39, 0.29) is 0 Å². The standard InChI is InChI=1S/C17H15N3S/c1-13-7-9-14(10-8-13)11-18-20-17-19-16(12-21-17)15-5-3-2-4-6-15/h2-10,12H,11H2,1H3. The summed E-state index contributed by atoms with van der Waals surface area (Å²) in [5, 5.41) is 11.1. The molecule has 0 amide bonds. The van der Waals surface area contributed by atoms with Crippen LogP contribution in [0.3, 0.4) is 0 Å². The maximum absolute atomic E-state index is 4.48. The summed E-state index contributed by atoms with van der Waals surface area (Å²) in [4.78, 5) is 4.48. The number of azo groups is 1. The summed E-state index contributed by atoms with van der Waals surface area (Å²) in [6, 6.07) is 18.4. The summed E-state index contributed by atoms with van der Waals surface area (Å²) in [6.45, 7) is 2.66. The van der Waals surface area contributed by atoms with E-state index in [9.17, 15) is 0 Å². The topological polar surface area (TPSA) is 37.6 Å². The van der Waals surface area contributed by atoms with Gasteiger partial charge in [0.25, 0.3) is 0 Å². The number of rotatable bonds is 4. The summed E-state index contributed by atoms with van der Waals surface area (Å²) in [6.07, 6.45) is 0. The van der Waals surface area contributed by atoms with Gasteiger partial charge >= 0.3 is 0 Å². The van der Waals surface area contributed by atoms with Crippen molar-refractivity contribution in [3.63, 3.8) is 0 Å². The number of benzene rings is 2. The van der Waals surface area contributed by atoms with Crippen molar-refractivity contribution < 1.29 is 0 Å². The number of hydrogen-bond acceptors (Lipinski definition) is 4. The van der Waals surface area contributed by atoms with E-state index in [1.54, 1.807) is 0 Å². The molecule has 3 aromatic rings. The van der Waals surface area contributed by atoms with Gasteiger partial charge in [0.15, 0.2) is 0 Å². The lowest BCUT2D eigenvalue weighted by Gasteiger charge is -1.95. The quantitative estimate of drug-likeness (QED) is 0.593. The van der Waals surface area contributed by atoms with E-state index >= 15 is 0 Å². The normalized spacial score (nSPS) is 11.1. The molecular formula is C17H15N3S. The lowest BCUT2D eigenvalue weighted by atomic mass is 10.2. The van der Waals surface area contributed by atoms with Crippen LogP contribution >= 0.6 is 11.3 Å². The van der Waals surface area contributed by atoms with E-state index in [0.29, 0.717) is 11.7 Å². The lowest BCUT2D eigenvalue weighted by molar-refractivity contribution is 0.954. The average Bonchev–Trinajstić information content (AvgIpc) is 2.99. The SMILES string of the molecule is Cc1ccc(CN=Nc2nc(-c3ccccc3)cs2)cc1. The van der Waals surface area contributed by atoms with Crippen molar-refractivity contribution in [1.29, 1.82) is 0 Å². The predicted molar refractivity (Wildman–Crippen MR) is 86.9 cm³/mol. The van der Waals surface area contributed by atoms with Crippen LogP contribution in [0.1, 0.15) is 11.1 Å². The van der Waals surface area contributed by atoms with Crippen LogP contribution in [0.25, 0.3) is 11.3 Å². The van der Waals surface area contributed by atoms with Gasteiger partial charge in [-0.15, -0.1) is 16.5 Å². The predicted octanol–water partition coefficient (Wildman–Crippen LogP) is 5.40. The molecular weight excluding hydrogens is 278 g/mol. The van der Waals surface area contributed by atoms with Crippen LogP contribution in [-0.2, 0) is 6.54 Å². The van der Waals surface area contributed by atoms with Gasteiger partial charge in [-0.1, -0.05) is 60.2 Å². The maximum Gasteiger partial charge on any atom is 0.230 e. The number of nitrogens with zero attached hydrogens (tertiary/aromatic N) is 3. The largest absolute Gasteiger partial charge is 0.230 e. The summed E-state index contributed by atoms with van der Waals surface area (Å²) in [7, 11) is 0. The molecule has 0 aliphatic carbocycles. The first-order valence-corrected chi connectivity index (χ1v) is 7.63. The van der Waals surface area contributed by atoms with E-state index in [4.69, 9.17) is 0 Å². The highest BCUT2D eigenvalue weighted by Gasteiger charge is 2.02. The van der Waals surface area contributed by atoms with Crippen molar-refractivity contribution in [2.75, 3.05) is 0 Å². The summed E-state index contributed by atoms with van der Waals surface area (Å²) >= 11 is 1.51.